The van der Waals surface area contributed by atoms with Gasteiger partial charge in [-0.15, -0.1) is 0 Å². The highest BCUT2D eigenvalue weighted by Gasteiger charge is 2.18. The van der Waals surface area contributed by atoms with E-state index < -0.39 is 15.8 Å². The number of nitrogens with one attached hydrogen (secondary N) is 1. The monoisotopic (exact) mass is 441 g/mol. The Morgan fingerprint density at radius 3 is 2.50 bits per heavy atom. The SMILES string of the molecule is Cc1c(Sc2ccc(S(C)(=O)=O)cc2)c2cc(-c3cn[nH]c3)ccc2n1CC(=O)O. The third-order valence-electron chi connectivity index (χ3n) is 4.86. The Hall–Kier alpha value is -3.04. The van der Waals surface area contributed by atoms with E-state index in [1.165, 1.54) is 18.0 Å². The van der Waals surface area contributed by atoms with Crippen molar-refractivity contribution in [2.75, 3.05) is 6.26 Å². The van der Waals surface area contributed by atoms with Crippen LogP contribution >= 0.6 is 11.8 Å². The number of aliphatic carboxylic acids is 1. The van der Waals surface area contributed by atoms with Gasteiger partial charge in [0.2, 0.25) is 0 Å². The maximum atomic E-state index is 11.7. The Morgan fingerprint density at radius 2 is 1.90 bits per heavy atom. The van der Waals surface area contributed by atoms with Crippen molar-refractivity contribution in [3.63, 3.8) is 0 Å². The van der Waals surface area contributed by atoms with Crippen LogP contribution in [0.2, 0.25) is 0 Å². The number of H-pyrrole nitrogens is 1. The molecule has 0 saturated carbocycles. The van der Waals surface area contributed by atoms with E-state index in [0.29, 0.717) is 0 Å². The first-order valence-electron chi connectivity index (χ1n) is 9.06. The molecule has 30 heavy (non-hydrogen) atoms. The predicted molar refractivity (Wildman–Crippen MR) is 116 cm³/mol. The van der Waals surface area contributed by atoms with Crippen LogP contribution < -0.4 is 0 Å². The van der Waals surface area contributed by atoms with Crippen molar-refractivity contribution in [2.24, 2.45) is 0 Å². The normalized spacial score (nSPS) is 11.8. The minimum absolute atomic E-state index is 0.138. The number of carboxylic acids is 1. The standard InChI is InChI=1S/C21H19N3O4S2/c1-13-21(29-16-4-6-17(7-5-16)30(2,27)28)18-9-14(15-10-22-23-11-15)3-8-19(18)24(13)12-20(25)26/h3-11H,12H2,1-2H3,(H,22,23)(H,25,26). The maximum absolute atomic E-state index is 11.7. The molecule has 0 aliphatic heterocycles. The van der Waals surface area contributed by atoms with E-state index in [4.69, 9.17) is 0 Å². The van der Waals surface area contributed by atoms with Gasteiger partial charge in [0.15, 0.2) is 9.84 Å². The van der Waals surface area contributed by atoms with E-state index in [2.05, 4.69) is 10.2 Å². The van der Waals surface area contributed by atoms with Crippen molar-refractivity contribution in [2.45, 2.75) is 28.2 Å². The number of aromatic nitrogens is 3. The van der Waals surface area contributed by atoms with Crippen LogP contribution in [0.15, 0.2) is 69.5 Å². The summed E-state index contributed by atoms with van der Waals surface area (Å²) in [6.45, 7) is 1.76. The molecule has 2 heterocycles. The molecule has 0 amide bonds. The van der Waals surface area contributed by atoms with Gasteiger partial charge in [-0.05, 0) is 48.9 Å². The molecule has 9 heteroatoms. The Morgan fingerprint density at radius 1 is 1.17 bits per heavy atom. The highest BCUT2D eigenvalue weighted by molar-refractivity contribution is 7.99. The number of hydrogen-bond donors (Lipinski definition) is 2. The molecule has 0 radical (unpaired) electrons. The third kappa shape index (κ3) is 3.86. The summed E-state index contributed by atoms with van der Waals surface area (Å²) >= 11 is 1.48. The molecule has 0 spiro atoms. The summed E-state index contributed by atoms with van der Waals surface area (Å²) in [5.41, 5.74) is 3.58. The number of sulfone groups is 1. The fourth-order valence-electron chi connectivity index (χ4n) is 3.38. The number of nitrogens with zero attached hydrogens (tertiary/aromatic N) is 2. The molecule has 0 aliphatic rings. The minimum atomic E-state index is -3.26. The summed E-state index contributed by atoms with van der Waals surface area (Å²) in [5.74, 6) is -0.914. The third-order valence-corrected chi connectivity index (χ3v) is 7.22. The van der Waals surface area contributed by atoms with Gasteiger partial charge in [-0.2, -0.15) is 5.10 Å². The first-order chi connectivity index (χ1) is 14.2. The summed E-state index contributed by atoms with van der Waals surface area (Å²) in [6.07, 6.45) is 4.72. The van der Waals surface area contributed by atoms with Gasteiger partial charge in [-0.25, -0.2) is 8.42 Å². The lowest BCUT2D eigenvalue weighted by Crippen LogP contribution is -2.09. The Bertz CT molecular complexity index is 1340. The zero-order valence-corrected chi connectivity index (χ0v) is 17.9. The second kappa shape index (κ2) is 7.66. The lowest BCUT2D eigenvalue weighted by molar-refractivity contribution is -0.137. The van der Waals surface area contributed by atoms with Crippen molar-refractivity contribution < 1.29 is 18.3 Å². The highest BCUT2D eigenvalue weighted by Crippen LogP contribution is 2.40. The first kappa shape index (κ1) is 20.2. The Kier molecular flexibility index (Phi) is 5.17. The summed E-state index contributed by atoms with van der Waals surface area (Å²) in [6, 6.07) is 12.6. The molecular weight excluding hydrogens is 422 g/mol. The fourth-order valence-corrected chi connectivity index (χ4v) is 5.05. The number of rotatable bonds is 6. The topological polar surface area (TPSA) is 105 Å². The predicted octanol–water partition coefficient (Wildman–Crippen LogP) is 3.98. The van der Waals surface area contributed by atoms with Crippen molar-refractivity contribution in [3.8, 4) is 11.1 Å². The molecule has 0 atom stereocenters. The maximum Gasteiger partial charge on any atom is 0.323 e. The van der Waals surface area contributed by atoms with Gasteiger partial charge in [-0.3, -0.25) is 9.89 Å². The minimum Gasteiger partial charge on any atom is -0.480 e. The van der Waals surface area contributed by atoms with Crippen molar-refractivity contribution in [3.05, 3.63) is 60.6 Å². The molecule has 4 aromatic rings. The second-order valence-corrected chi connectivity index (χ2v) is 10.1. The lowest BCUT2D eigenvalue weighted by Gasteiger charge is -2.06. The quantitative estimate of drug-likeness (QED) is 0.469. The molecule has 2 N–H and O–H groups in total. The van der Waals surface area contributed by atoms with Gasteiger partial charge >= 0.3 is 5.97 Å². The number of fused-ring (bicyclic) bond motifs is 1. The summed E-state index contributed by atoms with van der Waals surface area (Å²) in [7, 11) is -3.26. The van der Waals surface area contributed by atoms with E-state index >= 15 is 0 Å². The lowest BCUT2D eigenvalue weighted by atomic mass is 10.1. The second-order valence-electron chi connectivity index (χ2n) is 6.96. The van der Waals surface area contributed by atoms with Gasteiger partial charge in [-0.1, -0.05) is 17.8 Å². The van der Waals surface area contributed by atoms with E-state index in [1.807, 2.05) is 25.1 Å². The van der Waals surface area contributed by atoms with Gasteiger partial charge in [0.05, 0.1) is 11.1 Å². The van der Waals surface area contributed by atoms with Crippen LogP contribution in [0.5, 0.6) is 0 Å². The largest absolute Gasteiger partial charge is 0.480 e. The fraction of sp³-hybridized carbons (Fsp3) is 0.143. The summed E-state index contributed by atoms with van der Waals surface area (Å²) < 4.78 is 25.2. The van der Waals surface area contributed by atoms with Gasteiger partial charge < -0.3 is 9.67 Å². The number of benzene rings is 2. The first-order valence-corrected chi connectivity index (χ1v) is 11.8. The summed E-state index contributed by atoms with van der Waals surface area (Å²) in [5, 5.41) is 17.1. The van der Waals surface area contributed by atoms with Crippen molar-refractivity contribution in [1.82, 2.24) is 14.8 Å². The number of carbonyl (C=O) groups is 1. The zero-order valence-electron chi connectivity index (χ0n) is 16.3. The Labute approximate surface area is 177 Å². The van der Waals surface area contributed by atoms with Gasteiger partial charge in [0.25, 0.3) is 0 Å². The summed E-state index contributed by atoms with van der Waals surface area (Å²) in [4.78, 5) is 13.5. The molecule has 2 aromatic heterocycles. The van der Waals surface area contributed by atoms with Crippen LogP contribution in [0.4, 0.5) is 0 Å². The highest BCUT2D eigenvalue weighted by atomic mass is 32.2. The molecule has 0 fully saturated rings. The molecule has 0 unspecified atom stereocenters. The molecule has 0 saturated heterocycles. The molecule has 0 bridgehead atoms. The van der Waals surface area contributed by atoms with E-state index in [-0.39, 0.29) is 11.4 Å². The van der Waals surface area contributed by atoms with Crippen LogP contribution in [0.3, 0.4) is 0 Å². The molecule has 154 valence electrons. The number of carboxylic acid groups (broad SMARTS) is 1. The van der Waals surface area contributed by atoms with E-state index in [0.717, 1.165) is 37.5 Å². The number of aromatic amines is 1. The Balaban J connectivity index is 1.83. The molecule has 4 rings (SSSR count). The van der Waals surface area contributed by atoms with Gasteiger partial charge in [0.1, 0.15) is 6.54 Å². The smallest absolute Gasteiger partial charge is 0.323 e. The average molecular weight is 442 g/mol. The molecule has 0 aliphatic carbocycles. The van der Waals surface area contributed by atoms with E-state index in [9.17, 15) is 18.3 Å². The van der Waals surface area contributed by atoms with Crippen molar-refractivity contribution >= 4 is 38.5 Å². The molecule has 2 aromatic carbocycles. The zero-order chi connectivity index (χ0) is 21.5. The van der Waals surface area contributed by atoms with Crippen LogP contribution in [-0.4, -0.2) is 40.5 Å². The average Bonchev–Trinajstić information content (AvgIpc) is 3.31. The van der Waals surface area contributed by atoms with E-state index in [1.54, 1.807) is 41.2 Å². The van der Waals surface area contributed by atoms with Crippen LogP contribution in [0.1, 0.15) is 5.69 Å². The van der Waals surface area contributed by atoms with Gasteiger partial charge in [0, 0.05) is 44.4 Å². The van der Waals surface area contributed by atoms with Crippen LogP contribution in [-0.2, 0) is 21.2 Å². The van der Waals surface area contributed by atoms with Crippen molar-refractivity contribution in [1.29, 1.82) is 0 Å². The molecule has 7 nitrogen and oxygen atoms in total. The van der Waals surface area contributed by atoms with Crippen LogP contribution in [0, 0.1) is 6.92 Å². The van der Waals surface area contributed by atoms with Crippen LogP contribution in [0.25, 0.3) is 22.0 Å². The molecular formula is C21H19N3O4S2. The number of hydrogen-bond acceptors (Lipinski definition) is 5.